The summed E-state index contributed by atoms with van der Waals surface area (Å²) in [5.41, 5.74) is 0.632. The lowest BCUT2D eigenvalue weighted by Crippen LogP contribution is -2.34. The Morgan fingerprint density at radius 3 is 2.74 bits per heavy atom. The summed E-state index contributed by atoms with van der Waals surface area (Å²) in [6.45, 7) is 6.42. The van der Waals surface area contributed by atoms with E-state index in [1.165, 1.54) is 10.9 Å². The van der Waals surface area contributed by atoms with E-state index in [-0.39, 0.29) is 17.6 Å². The van der Waals surface area contributed by atoms with Gasteiger partial charge in [-0.3, -0.25) is 24.3 Å². The number of aryl methyl sites for hydroxylation is 1. The second-order valence-electron chi connectivity index (χ2n) is 5.19. The van der Waals surface area contributed by atoms with Crippen LogP contribution >= 0.6 is 0 Å². The van der Waals surface area contributed by atoms with Crippen LogP contribution in [0.1, 0.15) is 45.0 Å². The first-order valence-corrected chi connectivity index (χ1v) is 7.48. The number of hydrogen-bond acceptors (Lipinski definition) is 5. The summed E-state index contributed by atoms with van der Waals surface area (Å²) in [5, 5.41) is 21.9. The van der Waals surface area contributed by atoms with Crippen LogP contribution in [-0.4, -0.2) is 30.4 Å². The van der Waals surface area contributed by atoms with Gasteiger partial charge in [0.1, 0.15) is 18.4 Å². The van der Waals surface area contributed by atoms with E-state index in [0.29, 0.717) is 6.42 Å². The van der Waals surface area contributed by atoms with Gasteiger partial charge < -0.3 is 5.32 Å². The molecule has 0 saturated heterocycles. The molecule has 0 saturated carbocycles. The molecule has 0 radical (unpaired) electrons. The Labute approximate surface area is 133 Å². The quantitative estimate of drug-likeness (QED) is 0.618. The zero-order chi connectivity index (χ0) is 17.0. The van der Waals surface area contributed by atoms with Crippen LogP contribution in [0.4, 0.5) is 5.69 Å². The van der Waals surface area contributed by atoms with Crippen molar-refractivity contribution >= 4 is 11.6 Å². The van der Waals surface area contributed by atoms with E-state index in [9.17, 15) is 14.9 Å². The fourth-order valence-corrected chi connectivity index (χ4v) is 2.25. The van der Waals surface area contributed by atoms with Gasteiger partial charge in [0, 0.05) is 12.7 Å². The first-order valence-electron chi connectivity index (χ1n) is 7.48. The molecule has 2 aromatic rings. The lowest BCUT2D eigenvalue weighted by atomic mass is 10.2. The monoisotopic (exact) mass is 320 g/mol. The Balaban J connectivity index is 2.08. The van der Waals surface area contributed by atoms with Crippen LogP contribution in [0.2, 0.25) is 0 Å². The van der Waals surface area contributed by atoms with Crippen molar-refractivity contribution < 1.29 is 9.72 Å². The standard InChI is InChI=1S/C14H20N6O3/c1-4-13(19-9-11(8-15-19)20(22)23)14(21)16-10(3)12-6-7-18(5-2)17-12/h6-10,13H,4-5H2,1-3H3,(H,16,21). The van der Waals surface area contributed by atoms with Crippen molar-refractivity contribution in [2.75, 3.05) is 0 Å². The van der Waals surface area contributed by atoms with Gasteiger partial charge in [0.25, 0.3) is 0 Å². The Morgan fingerprint density at radius 1 is 1.48 bits per heavy atom. The van der Waals surface area contributed by atoms with Gasteiger partial charge in [0.05, 0.1) is 16.7 Å². The largest absolute Gasteiger partial charge is 0.346 e. The Morgan fingerprint density at radius 2 is 2.22 bits per heavy atom. The minimum Gasteiger partial charge on any atom is -0.346 e. The molecular weight excluding hydrogens is 300 g/mol. The van der Waals surface area contributed by atoms with E-state index in [1.807, 2.05) is 33.0 Å². The maximum absolute atomic E-state index is 12.4. The molecule has 2 aromatic heterocycles. The lowest BCUT2D eigenvalue weighted by Gasteiger charge is -2.18. The van der Waals surface area contributed by atoms with E-state index in [2.05, 4.69) is 15.5 Å². The average molecular weight is 320 g/mol. The Hall–Kier alpha value is -2.71. The molecule has 0 aliphatic carbocycles. The molecule has 1 amide bonds. The molecule has 0 spiro atoms. The zero-order valence-corrected chi connectivity index (χ0v) is 13.3. The summed E-state index contributed by atoms with van der Waals surface area (Å²) in [6, 6.07) is 1.00. The number of nitrogens with zero attached hydrogens (tertiary/aromatic N) is 5. The van der Waals surface area contributed by atoms with Gasteiger partial charge in [-0.25, -0.2) is 0 Å². The number of nitro groups is 1. The lowest BCUT2D eigenvalue weighted by molar-refractivity contribution is -0.385. The third-order valence-electron chi connectivity index (χ3n) is 3.60. The number of carbonyl (C=O) groups excluding carboxylic acids is 1. The molecule has 1 N–H and O–H groups in total. The van der Waals surface area contributed by atoms with Gasteiger partial charge >= 0.3 is 5.69 Å². The van der Waals surface area contributed by atoms with E-state index >= 15 is 0 Å². The topological polar surface area (TPSA) is 108 Å². The minimum atomic E-state index is -0.598. The summed E-state index contributed by atoms with van der Waals surface area (Å²) in [7, 11) is 0. The van der Waals surface area contributed by atoms with Crippen molar-refractivity contribution in [3.8, 4) is 0 Å². The van der Waals surface area contributed by atoms with E-state index in [4.69, 9.17) is 0 Å². The number of amides is 1. The number of rotatable bonds is 7. The van der Waals surface area contributed by atoms with E-state index in [1.54, 1.807) is 4.68 Å². The molecular formula is C14H20N6O3. The van der Waals surface area contributed by atoms with Crippen molar-refractivity contribution in [1.29, 1.82) is 0 Å². The van der Waals surface area contributed by atoms with Gasteiger partial charge in [-0.05, 0) is 26.3 Å². The summed E-state index contributed by atoms with van der Waals surface area (Å²) < 4.78 is 3.11. The highest BCUT2D eigenvalue weighted by molar-refractivity contribution is 5.80. The molecule has 2 unspecified atom stereocenters. The van der Waals surface area contributed by atoms with Gasteiger partial charge in [0.2, 0.25) is 5.91 Å². The summed E-state index contributed by atoms with van der Waals surface area (Å²) >= 11 is 0. The van der Waals surface area contributed by atoms with Crippen LogP contribution in [0.25, 0.3) is 0 Å². The van der Waals surface area contributed by atoms with Gasteiger partial charge in [-0.2, -0.15) is 10.2 Å². The molecule has 0 aromatic carbocycles. The molecule has 124 valence electrons. The van der Waals surface area contributed by atoms with Crippen LogP contribution in [0, 0.1) is 10.1 Å². The second kappa shape index (κ2) is 7.03. The second-order valence-corrected chi connectivity index (χ2v) is 5.19. The number of hydrogen-bond donors (Lipinski definition) is 1. The normalized spacial score (nSPS) is 13.5. The average Bonchev–Trinajstić information content (AvgIpc) is 3.17. The van der Waals surface area contributed by atoms with Crippen molar-refractivity contribution in [3.05, 3.63) is 40.5 Å². The summed E-state index contributed by atoms with van der Waals surface area (Å²) in [6.07, 6.45) is 4.74. The fraction of sp³-hybridized carbons (Fsp3) is 0.500. The smallest absolute Gasteiger partial charge is 0.307 e. The van der Waals surface area contributed by atoms with Crippen LogP contribution in [-0.2, 0) is 11.3 Å². The number of aromatic nitrogens is 4. The SMILES string of the molecule is CCC(C(=O)NC(C)c1ccn(CC)n1)n1cc([N+](=O)[O-])cn1. The Bertz CT molecular complexity index is 692. The molecule has 0 bridgehead atoms. The van der Waals surface area contributed by atoms with Crippen molar-refractivity contribution in [3.63, 3.8) is 0 Å². The highest BCUT2D eigenvalue weighted by atomic mass is 16.6. The summed E-state index contributed by atoms with van der Waals surface area (Å²) in [4.78, 5) is 22.6. The molecule has 0 fully saturated rings. The molecule has 0 aliphatic rings. The predicted octanol–water partition coefficient (Wildman–Crippen LogP) is 1.84. The van der Waals surface area contributed by atoms with Gasteiger partial charge in [-0.1, -0.05) is 6.92 Å². The van der Waals surface area contributed by atoms with Crippen LogP contribution < -0.4 is 5.32 Å². The maximum atomic E-state index is 12.4. The fourth-order valence-electron chi connectivity index (χ4n) is 2.25. The van der Waals surface area contributed by atoms with E-state index in [0.717, 1.165) is 18.4 Å². The molecule has 23 heavy (non-hydrogen) atoms. The summed E-state index contributed by atoms with van der Waals surface area (Å²) in [5.74, 6) is -0.246. The van der Waals surface area contributed by atoms with Crippen LogP contribution in [0.15, 0.2) is 24.7 Å². The molecule has 0 aliphatic heterocycles. The first kappa shape index (κ1) is 16.7. The molecule has 9 nitrogen and oxygen atoms in total. The van der Waals surface area contributed by atoms with Crippen LogP contribution in [0.3, 0.4) is 0 Å². The van der Waals surface area contributed by atoms with Gasteiger partial charge in [0.15, 0.2) is 0 Å². The number of carbonyl (C=O) groups is 1. The molecule has 2 heterocycles. The van der Waals surface area contributed by atoms with Gasteiger partial charge in [-0.15, -0.1) is 0 Å². The maximum Gasteiger partial charge on any atom is 0.307 e. The van der Waals surface area contributed by atoms with E-state index < -0.39 is 11.0 Å². The van der Waals surface area contributed by atoms with Crippen molar-refractivity contribution in [2.45, 2.75) is 45.8 Å². The minimum absolute atomic E-state index is 0.133. The Kier molecular flexibility index (Phi) is 5.09. The molecule has 2 rings (SSSR count). The van der Waals surface area contributed by atoms with Crippen molar-refractivity contribution in [2.24, 2.45) is 0 Å². The number of nitrogens with one attached hydrogen (secondary N) is 1. The first-order chi connectivity index (χ1) is 11.0. The third kappa shape index (κ3) is 3.74. The van der Waals surface area contributed by atoms with Crippen LogP contribution in [0.5, 0.6) is 0 Å². The highest BCUT2D eigenvalue weighted by Gasteiger charge is 2.24. The third-order valence-corrected chi connectivity index (χ3v) is 3.60. The predicted molar refractivity (Wildman–Crippen MR) is 82.7 cm³/mol. The van der Waals surface area contributed by atoms with Crippen molar-refractivity contribution in [1.82, 2.24) is 24.9 Å². The molecule has 9 heteroatoms. The highest BCUT2D eigenvalue weighted by Crippen LogP contribution is 2.18. The molecule has 2 atom stereocenters. The zero-order valence-electron chi connectivity index (χ0n) is 13.3.